The van der Waals surface area contributed by atoms with Crippen molar-refractivity contribution in [3.8, 4) is 0 Å². The van der Waals surface area contributed by atoms with Gasteiger partial charge in [0.15, 0.2) is 0 Å². The monoisotopic (exact) mass is 194 g/mol. The van der Waals surface area contributed by atoms with Crippen molar-refractivity contribution in [2.24, 2.45) is 5.73 Å². The number of nitrogens with two attached hydrogens (primary N) is 1. The molecule has 2 N–H and O–H groups in total. The van der Waals surface area contributed by atoms with Gasteiger partial charge in [-0.3, -0.25) is 0 Å². The Labute approximate surface area is 82.5 Å². The van der Waals surface area contributed by atoms with E-state index in [1.54, 1.807) is 11.3 Å². The Balaban J connectivity index is 2.02. The Morgan fingerprint density at radius 3 is 3.08 bits per heavy atom. The first-order valence-electron chi connectivity index (χ1n) is 4.60. The first-order chi connectivity index (χ1) is 6.24. The van der Waals surface area contributed by atoms with Crippen molar-refractivity contribution in [1.82, 2.24) is 4.98 Å². The summed E-state index contributed by atoms with van der Waals surface area (Å²) >= 11 is 1.74. The van der Waals surface area contributed by atoms with Gasteiger partial charge in [0.2, 0.25) is 0 Å². The summed E-state index contributed by atoms with van der Waals surface area (Å²) in [6, 6.07) is 0.288. The Bertz CT molecular complexity index is 327. The van der Waals surface area contributed by atoms with Crippen molar-refractivity contribution in [2.45, 2.75) is 32.2 Å². The predicted octanol–water partition coefficient (Wildman–Crippen LogP) is 2.04. The molecule has 0 bridgehead atoms. The van der Waals surface area contributed by atoms with E-state index in [2.05, 4.69) is 16.4 Å². The Morgan fingerprint density at radius 2 is 2.54 bits per heavy atom. The maximum atomic E-state index is 5.79. The fraction of sp³-hybridized carbons (Fsp3) is 0.500. The number of aryl methyl sites for hydroxylation is 1. The van der Waals surface area contributed by atoms with Crippen molar-refractivity contribution in [3.05, 3.63) is 27.7 Å². The van der Waals surface area contributed by atoms with E-state index in [9.17, 15) is 0 Å². The van der Waals surface area contributed by atoms with Crippen molar-refractivity contribution < 1.29 is 0 Å². The molecule has 1 atom stereocenters. The van der Waals surface area contributed by atoms with Gasteiger partial charge in [-0.25, -0.2) is 4.98 Å². The number of hydrogen-bond donors (Lipinski definition) is 1. The normalized spacial score (nSPS) is 22.0. The highest BCUT2D eigenvalue weighted by Crippen LogP contribution is 2.22. The molecule has 1 aliphatic carbocycles. The first kappa shape index (κ1) is 8.91. The van der Waals surface area contributed by atoms with Crippen LogP contribution in [0.1, 0.15) is 23.5 Å². The zero-order valence-corrected chi connectivity index (χ0v) is 8.60. The smallest absolute Gasteiger partial charge is 0.0968 e. The summed E-state index contributed by atoms with van der Waals surface area (Å²) < 4.78 is 0. The van der Waals surface area contributed by atoms with E-state index in [1.807, 2.05) is 6.92 Å². The molecule has 0 amide bonds. The highest BCUT2D eigenvalue weighted by molar-refractivity contribution is 7.09. The van der Waals surface area contributed by atoms with E-state index in [-0.39, 0.29) is 6.04 Å². The highest BCUT2D eigenvalue weighted by atomic mass is 32.1. The lowest BCUT2D eigenvalue weighted by atomic mass is 10.2. The molecule has 0 saturated heterocycles. The summed E-state index contributed by atoms with van der Waals surface area (Å²) in [7, 11) is 0. The molecule has 0 aromatic carbocycles. The summed E-state index contributed by atoms with van der Waals surface area (Å²) in [5.41, 5.74) is 8.38. The van der Waals surface area contributed by atoms with Gasteiger partial charge in [0.1, 0.15) is 0 Å². The van der Waals surface area contributed by atoms with Crippen LogP contribution in [0.5, 0.6) is 0 Å². The topological polar surface area (TPSA) is 38.9 Å². The molecule has 0 fully saturated rings. The third kappa shape index (κ3) is 2.17. The van der Waals surface area contributed by atoms with Gasteiger partial charge in [-0.1, -0.05) is 11.6 Å². The molecule has 2 rings (SSSR count). The summed E-state index contributed by atoms with van der Waals surface area (Å²) in [5, 5.41) is 3.32. The molecule has 0 radical (unpaired) electrons. The summed E-state index contributed by atoms with van der Waals surface area (Å²) in [5.74, 6) is 0. The summed E-state index contributed by atoms with van der Waals surface area (Å²) in [6.07, 6.45) is 5.46. The Kier molecular flexibility index (Phi) is 2.47. The lowest BCUT2D eigenvalue weighted by Gasteiger charge is -1.95. The molecule has 70 valence electrons. The average Bonchev–Trinajstić information content (AvgIpc) is 2.62. The van der Waals surface area contributed by atoms with E-state index in [0.717, 1.165) is 25.0 Å². The van der Waals surface area contributed by atoms with Crippen LogP contribution in [0.4, 0.5) is 0 Å². The van der Waals surface area contributed by atoms with Crippen LogP contribution in [-0.4, -0.2) is 11.0 Å². The number of rotatable bonds is 2. The van der Waals surface area contributed by atoms with Gasteiger partial charge < -0.3 is 5.73 Å². The van der Waals surface area contributed by atoms with E-state index < -0.39 is 0 Å². The second-order valence-corrected chi connectivity index (χ2v) is 4.53. The zero-order chi connectivity index (χ0) is 9.26. The fourth-order valence-corrected chi connectivity index (χ4v) is 2.47. The molecule has 0 aliphatic heterocycles. The maximum Gasteiger partial charge on any atom is 0.0968 e. The van der Waals surface area contributed by atoms with E-state index >= 15 is 0 Å². The number of allylic oxidation sites excluding steroid dienone is 1. The molecule has 1 aliphatic rings. The van der Waals surface area contributed by atoms with Crippen molar-refractivity contribution in [2.75, 3.05) is 0 Å². The largest absolute Gasteiger partial charge is 0.324 e. The van der Waals surface area contributed by atoms with Crippen LogP contribution in [0.15, 0.2) is 17.0 Å². The average molecular weight is 194 g/mol. The second kappa shape index (κ2) is 3.60. The fourth-order valence-electron chi connectivity index (χ4n) is 1.65. The van der Waals surface area contributed by atoms with Crippen LogP contribution in [0.2, 0.25) is 0 Å². The molecule has 3 heteroatoms. The lowest BCUT2D eigenvalue weighted by molar-refractivity contribution is 0.769. The molecule has 1 aromatic heterocycles. The van der Waals surface area contributed by atoms with E-state index in [1.165, 1.54) is 10.6 Å². The van der Waals surface area contributed by atoms with Crippen LogP contribution in [0, 0.1) is 6.92 Å². The highest BCUT2D eigenvalue weighted by Gasteiger charge is 2.12. The predicted molar refractivity (Wildman–Crippen MR) is 55.8 cm³/mol. The third-order valence-electron chi connectivity index (χ3n) is 2.29. The molecule has 2 nitrogen and oxygen atoms in total. The SMILES string of the molecule is Cc1csc(CC2=CC(N)CC2)n1. The molecule has 0 saturated carbocycles. The molecule has 1 heterocycles. The summed E-state index contributed by atoms with van der Waals surface area (Å²) in [6.45, 7) is 2.04. The number of nitrogens with zero attached hydrogens (tertiary/aromatic N) is 1. The molecular formula is C10H14N2S. The quantitative estimate of drug-likeness (QED) is 0.732. The molecule has 1 unspecified atom stereocenters. The molecular weight excluding hydrogens is 180 g/mol. The van der Waals surface area contributed by atoms with Gasteiger partial charge in [-0.05, 0) is 19.8 Å². The van der Waals surface area contributed by atoms with Crippen LogP contribution in [0.3, 0.4) is 0 Å². The standard InChI is InChI=1S/C10H14N2S/c1-7-6-13-10(12-7)5-8-2-3-9(11)4-8/h4,6,9H,2-3,5,11H2,1H3. The number of hydrogen-bond acceptors (Lipinski definition) is 3. The van der Waals surface area contributed by atoms with Crippen molar-refractivity contribution >= 4 is 11.3 Å². The second-order valence-electron chi connectivity index (χ2n) is 3.59. The van der Waals surface area contributed by atoms with Crippen LogP contribution in [-0.2, 0) is 6.42 Å². The van der Waals surface area contributed by atoms with E-state index in [0.29, 0.717) is 0 Å². The van der Waals surface area contributed by atoms with Gasteiger partial charge in [0.25, 0.3) is 0 Å². The first-order valence-corrected chi connectivity index (χ1v) is 5.48. The van der Waals surface area contributed by atoms with Gasteiger partial charge in [0, 0.05) is 23.5 Å². The van der Waals surface area contributed by atoms with Gasteiger partial charge in [0.05, 0.1) is 5.01 Å². The number of thiazole rings is 1. The van der Waals surface area contributed by atoms with Crippen LogP contribution in [0.25, 0.3) is 0 Å². The maximum absolute atomic E-state index is 5.79. The zero-order valence-electron chi connectivity index (χ0n) is 7.79. The van der Waals surface area contributed by atoms with Gasteiger partial charge >= 0.3 is 0 Å². The Hall–Kier alpha value is -0.670. The van der Waals surface area contributed by atoms with Crippen LogP contribution >= 0.6 is 11.3 Å². The van der Waals surface area contributed by atoms with Crippen molar-refractivity contribution in [3.63, 3.8) is 0 Å². The minimum Gasteiger partial charge on any atom is -0.324 e. The molecule has 13 heavy (non-hydrogen) atoms. The Morgan fingerprint density at radius 1 is 1.69 bits per heavy atom. The third-order valence-corrected chi connectivity index (χ3v) is 3.26. The van der Waals surface area contributed by atoms with Gasteiger partial charge in [-0.15, -0.1) is 11.3 Å². The summed E-state index contributed by atoms with van der Waals surface area (Å²) in [4.78, 5) is 4.44. The molecule has 0 spiro atoms. The van der Waals surface area contributed by atoms with Gasteiger partial charge in [-0.2, -0.15) is 0 Å². The number of aromatic nitrogens is 1. The lowest BCUT2D eigenvalue weighted by Crippen LogP contribution is -2.11. The molecule has 1 aromatic rings. The van der Waals surface area contributed by atoms with E-state index in [4.69, 9.17) is 5.73 Å². The minimum atomic E-state index is 0.288. The van der Waals surface area contributed by atoms with Crippen LogP contribution < -0.4 is 5.73 Å². The minimum absolute atomic E-state index is 0.288. The van der Waals surface area contributed by atoms with Crippen molar-refractivity contribution in [1.29, 1.82) is 0 Å².